The third kappa shape index (κ3) is 1.86. The van der Waals surface area contributed by atoms with Gasteiger partial charge in [-0.15, -0.1) is 0 Å². The van der Waals surface area contributed by atoms with Crippen molar-refractivity contribution in [3.8, 4) is 0 Å². The summed E-state index contributed by atoms with van der Waals surface area (Å²) in [4.78, 5) is 2.36. The van der Waals surface area contributed by atoms with Gasteiger partial charge in [-0.1, -0.05) is 6.07 Å². The van der Waals surface area contributed by atoms with Crippen molar-refractivity contribution in [3.63, 3.8) is 0 Å². The van der Waals surface area contributed by atoms with Crippen LogP contribution in [0.25, 0.3) is 11.0 Å². The van der Waals surface area contributed by atoms with Gasteiger partial charge in [0.25, 0.3) is 0 Å². The summed E-state index contributed by atoms with van der Waals surface area (Å²) in [6, 6.07) is 6.12. The number of H-pyrrole nitrogens is 1. The molecule has 2 aromatic rings. The van der Waals surface area contributed by atoms with Crippen molar-refractivity contribution < 1.29 is 4.74 Å². The summed E-state index contributed by atoms with van der Waals surface area (Å²) in [6.45, 7) is 2.04. The molecule has 0 amide bonds. The van der Waals surface area contributed by atoms with E-state index < -0.39 is 0 Å². The molecule has 1 N–H and O–H groups in total. The SMILES string of the molecule is COC1CCN(c2cccc3n[nH]nc23)CC1. The molecule has 0 saturated carbocycles. The van der Waals surface area contributed by atoms with Crippen LogP contribution in [0.5, 0.6) is 0 Å². The van der Waals surface area contributed by atoms with E-state index in [1.54, 1.807) is 7.11 Å². The smallest absolute Gasteiger partial charge is 0.136 e. The average Bonchev–Trinajstić information content (AvgIpc) is 2.87. The molecule has 1 aromatic carbocycles. The molecule has 0 spiro atoms. The van der Waals surface area contributed by atoms with Crippen molar-refractivity contribution >= 4 is 16.7 Å². The number of benzene rings is 1. The highest BCUT2D eigenvalue weighted by Crippen LogP contribution is 2.26. The van der Waals surface area contributed by atoms with Gasteiger partial charge < -0.3 is 9.64 Å². The summed E-state index contributed by atoms with van der Waals surface area (Å²) in [5, 5.41) is 11.0. The summed E-state index contributed by atoms with van der Waals surface area (Å²) in [5.41, 5.74) is 3.06. The summed E-state index contributed by atoms with van der Waals surface area (Å²) in [6.07, 6.45) is 2.55. The van der Waals surface area contributed by atoms with Crippen LogP contribution in [0.2, 0.25) is 0 Å². The van der Waals surface area contributed by atoms with Crippen molar-refractivity contribution in [3.05, 3.63) is 18.2 Å². The Morgan fingerprint density at radius 1 is 1.29 bits per heavy atom. The molecule has 1 aromatic heterocycles. The number of piperidine rings is 1. The van der Waals surface area contributed by atoms with Crippen molar-refractivity contribution in [1.29, 1.82) is 0 Å². The number of aromatic nitrogens is 3. The normalized spacial score (nSPS) is 17.8. The number of nitrogens with one attached hydrogen (secondary N) is 1. The Morgan fingerprint density at radius 3 is 2.88 bits per heavy atom. The minimum Gasteiger partial charge on any atom is -0.381 e. The van der Waals surface area contributed by atoms with Crippen molar-refractivity contribution in [2.24, 2.45) is 0 Å². The lowest BCUT2D eigenvalue weighted by Crippen LogP contribution is -2.36. The molecule has 0 bridgehead atoms. The Kier molecular flexibility index (Phi) is 2.68. The third-order valence-corrected chi connectivity index (χ3v) is 3.44. The highest BCUT2D eigenvalue weighted by Gasteiger charge is 2.20. The number of nitrogens with zero attached hydrogens (tertiary/aromatic N) is 3. The molecular formula is C12H16N4O. The second kappa shape index (κ2) is 4.33. The zero-order valence-electron chi connectivity index (χ0n) is 9.89. The quantitative estimate of drug-likeness (QED) is 0.854. The second-order valence-electron chi connectivity index (χ2n) is 4.39. The van der Waals surface area contributed by atoms with Crippen molar-refractivity contribution in [1.82, 2.24) is 15.4 Å². The van der Waals surface area contributed by atoms with Crippen LogP contribution in [-0.4, -0.2) is 41.7 Å². The minimum absolute atomic E-state index is 0.405. The van der Waals surface area contributed by atoms with E-state index in [0.29, 0.717) is 6.10 Å². The molecule has 3 rings (SSSR count). The van der Waals surface area contributed by atoms with Gasteiger partial charge in [-0.05, 0) is 25.0 Å². The second-order valence-corrected chi connectivity index (χ2v) is 4.39. The van der Waals surface area contributed by atoms with E-state index in [1.807, 2.05) is 12.1 Å². The average molecular weight is 232 g/mol. The first-order valence-corrected chi connectivity index (χ1v) is 5.95. The maximum Gasteiger partial charge on any atom is 0.136 e. The molecule has 2 heterocycles. The first-order chi connectivity index (χ1) is 8.38. The molecule has 1 aliphatic rings. The lowest BCUT2D eigenvalue weighted by atomic mass is 10.1. The molecule has 1 saturated heterocycles. The number of aromatic amines is 1. The fourth-order valence-electron chi connectivity index (χ4n) is 2.44. The van der Waals surface area contributed by atoms with Gasteiger partial charge in [0, 0.05) is 20.2 Å². The molecule has 5 nitrogen and oxygen atoms in total. The van der Waals surface area contributed by atoms with Crippen molar-refractivity contribution in [2.75, 3.05) is 25.1 Å². The first-order valence-electron chi connectivity index (χ1n) is 5.95. The number of rotatable bonds is 2. The Balaban J connectivity index is 1.87. The molecule has 0 aliphatic carbocycles. The first kappa shape index (κ1) is 10.5. The lowest BCUT2D eigenvalue weighted by molar-refractivity contribution is 0.0819. The summed E-state index contributed by atoms with van der Waals surface area (Å²) >= 11 is 0. The Labute approximate surface area is 99.8 Å². The van der Waals surface area contributed by atoms with Crippen LogP contribution in [0, 0.1) is 0 Å². The summed E-state index contributed by atoms with van der Waals surface area (Å²) in [5.74, 6) is 0. The lowest BCUT2D eigenvalue weighted by Gasteiger charge is -2.32. The van der Waals surface area contributed by atoms with Gasteiger partial charge in [0.2, 0.25) is 0 Å². The Morgan fingerprint density at radius 2 is 2.12 bits per heavy atom. The molecular weight excluding hydrogens is 216 g/mol. The Hall–Kier alpha value is -1.62. The van der Waals surface area contributed by atoms with Crippen molar-refractivity contribution in [2.45, 2.75) is 18.9 Å². The predicted octanol–water partition coefficient (Wildman–Crippen LogP) is 1.57. The molecule has 90 valence electrons. The molecule has 5 heteroatoms. The van der Waals surface area contributed by atoms with E-state index in [2.05, 4.69) is 26.4 Å². The molecule has 0 unspecified atom stereocenters. The van der Waals surface area contributed by atoms with Crippen LogP contribution in [0.3, 0.4) is 0 Å². The number of ether oxygens (including phenoxy) is 1. The zero-order valence-corrected chi connectivity index (χ0v) is 9.89. The number of fused-ring (bicyclic) bond motifs is 1. The fraction of sp³-hybridized carbons (Fsp3) is 0.500. The van der Waals surface area contributed by atoms with Gasteiger partial charge in [-0.25, -0.2) is 0 Å². The Bertz CT molecular complexity index is 502. The van der Waals surface area contributed by atoms with Crippen LogP contribution < -0.4 is 4.90 Å². The van der Waals surface area contributed by atoms with E-state index in [9.17, 15) is 0 Å². The molecule has 0 atom stereocenters. The van der Waals surface area contributed by atoms with E-state index in [1.165, 1.54) is 5.69 Å². The van der Waals surface area contributed by atoms with E-state index >= 15 is 0 Å². The standard InChI is InChI=1S/C12H16N4O/c1-17-9-5-7-16(8-6-9)11-4-2-3-10-12(11)14-15-13-10/h2-4,9H,5-8H2,1H3,(H,13,14,15). The van der Waals surface area contributed by atoms with E-state index in [-0.39, 0.29) is 0 Å². The molecule has 1 fully saturated rings. The molecule has 1 aliphatic heterocycles. The van der Waals surface area contributed by atoms with Crippen LogP contribution in [0.4, 0.5) is 5.69 Å². The number of anilines is 1. The number of hydrogen-bond donors (Lipinski definition) is 1. The zero-order chi connectivity index (χ0) is 11.7. The molecule has 0 radical (unpaired) electrons. The van der Waals surface area contributed by atoms with Gasteiger partial charge >= 0.3 is 0 Å². The number of para-hydroxylation sites is 1. The van der Waals surface area contributed by atoms with Crippen LogP contribution in [0.15, 0.2) is 18.2 Å². The van der Waals surface area contributed by atoms with Crippen LogP contribution >= 0.6 is 0 Å². The maximum absolute atomic E-state index is 5.39. The number of methoxy groups -OCH3 is 1. The van der Waals surface area contributed by atoms with E-state index in [0.717, 1.165) is 37.0 Å². The molecule has 17 heavy (non-hydrogen) atoms. The summed E-state index contributed by atoms with van der Waals surface area (Å²) < 4.78 is 5.39. The number of hydrogen-bond acceptors (Lipinski definition) is 4. The topological polar surface area (TPSA) is 54.0 Å². The van der Waals surface area contributed by atoms with Gasteiger partial charge in [-0.3, -0.25) is 0 Å². The third-order valence-electron chi connectivity index (χ3n) is 3.44. The van der Waals surface area contributed by atoms with Gasteiger partial charge in [-0.2, -0.15) is 15.4 Å². The minimum atomic E-state index is 0.405. The fourth-order valence-corrected chi connectivity index (χ4v) is 2.44. The van der Waals surface area contributed by atoms with Gasteiger partial charge in [0.15, 0.2) is 0 Å². The largest absolute Gasteiger partial charge is 0.381 e. The highest BCUT2D eigenvalue weighted by molar-refractivity contribution is 5.87. The van der Waals surface area contributed by atoms with E-state index in [4.69, 9.17) is 4.74 Å². The summed E-state index contributed by atoms with van der Waals surface area (Å²) in [7, 11) is 1.79. The maximum atomic E-state index is 5.39. The van der Waals surface area contributed by atoms with Crippen LogP contribution in [0.1, 0.15) is 12.8 Å². The monoisotopic (exact) mass is 232 g/mol. The highest BCUT2D eigenvalue weighted by atomic mass is 16.5. The van der Waals surface area contributed by atoms with Crippen LogP contribution in [-0.2, 0) is 4.74 Å². The predicted molar refractivity (Wildman–Crippen MR) is 66.1 cm³/mol. The van der Waals surface area contributed by atoms with Gasteiger partial charge in [0.1, 0.15) is 11.0 Å². The van der Waals surface area contributed by atoms with Gasteiger partial charge in [0.05, 0.1) is 11.8 Å².